The molecule has 0 aromatic heterocycles. The number of hydrogen-bond acceptors (Lipinski definition) is 1. The summed E-state index contributed by atoms with van der Waals surface area (Å²) in [7, 11) is 0. The number of rotatable bonds is 3. The summed E-state index contributed by atoms with van der Waals surface area (Å²) in [5, 5.41) is 2.81. The topological polar surface area (TPSA) is 29.1 Å². The Bertz CT molecular complexity index is 352. The predicted molar refractivity (Wildman–Crippen MR) is 56.0 cm³/mol. The van der Waals surface area contributed by atoms with Crippen molar-refractivity contribution in [1.82, 2.24) is 5.32 Å². The summed E-state index contributed by atoms with van der Waals surface area (Å²) in [6.45, 7) is 1.91. The molecule has 3 heteroatoms. The molecule has 1 amide bonds. The third-order valence-electron chi connectivity index (χ3n) is 2.71. The second-order valence-electron chi connectivity index (χ2n) is 4.00. The molecule has 1 aliphatic carbocycles. The number of carbonyl (C=O) groups is 1. The van der Waals surface area contributed by atoms with Gasteiger partial charge in [0.25, 0.3) is 0 Å². The Kier molecular flexibility index (Phi) is 2.71. The van der Waals surface area contributed by atoms with E-state index in [-0.39, 0.29) is 11.9 Å². The van der Waals surface area contributed by atoms with Gasteiger partial charge in [0.1, 0.15) is 6.17 Å². The average Bonchev–Trinajstić information content (AvgIpc) is 2.97. The van der Waals surface area contributed by atoms with Gasteiger partial charge in [0.05, 0.1) is 12.0 Å². The monoisotopic (exact) mass is 207 g/mol. The van der Waals surface area contributed by atoms with Gasteiger partial charge in [-0.2, -0.15) is 0 Å². The molecule has 1 N–H and O–H groups in total. The molecule has 0 heterocycles. The Balaban J connectivity index is 1.92. The molecular weight excluding hydrogens is 193 g/mol. The Morgan fingerprint density at radius 1 is 1.47 bits per heavy atom. The molecule has 0 aliphatic heterocycles. The first-order valence-electron chi connectivity index (χ1n) is 5.18. The number of nitrogens with one attached hydrogen (secondary N) is 1. The number of amides is 1. The zero-order valence-electron chi connectivity index (χ0n) is 8.61. The van der Waals surface area contributed by atoms with Crippen molar-refractivity contribution >= 4 is 5.91 Å². The lowest BCUT2D eigenvalue weighted by Gasteiger charge is -2.13. The zero-order chi connectivity index (χ0) is 10.8. The summed E-state index contributed by atoms with van der Waals surface area (Å²) in [6, 6.07) is 9.62. The summed E-state index contributed by atoms with van der Waals surface area (Å²) >= 11 is 0. The molecule has 0 bridgehead atoms. The van der Waals surface area contributed by atoms with Crippen LogP contribution in [0.5, 0.6) is 0 Å². The molecule has 0 radical (unpaired) electrons. The quantitative estimate of drug-likeness (QED) is 0.809. The van der Waals surface area contributed by atoms with Crippen LogP contribution in [0, 0.1) is 5.92 Å². The summed E-state index contributed by atoms with van der Waals surface area (Å²) < 4.78 is 12.6. The second kappa shape index (κ2) is 4.01. The van der Waals surface area contributed by atoms with E-state index in [1.54, 1.807) is 0 Å². The predicted octanol–water partition coefficient (Wildman–Crippen LogP) is 2.22. The fraction of sp³-hybridized carbons (Fsp3) is 0.417. The minimum atomic E-state index is -0.923. The van der Waals surface area contributed by atoms with Gasteiger partial charge in [-0.25, -0.2) is 4.39 Å². The molecule has 1 aromatic rings. The summed E-state index contributed by atoms with van der Waals surface area (Å²) in [5.74, 6) is -0.574. The molecule has 1 fully saturated rings. The van der Waals surface area contributed by atoms with E-state index in [9.17, 15) is 9.18 Å². The highest BCUT2D eigenvalue weighted by atomic mass is 19.1. The van der Waals surface area contributed by atoms with E-state index in [1.165, 1.54) is 0 Å². The largest absolute Gasteiger partial charge is 0.349 e. The molecule has 1 saturated carbocycles. The van der Waals surface area contributed by atoms with Crippen LogP contribution in [0.1, 0.15) is 24.9 Å². The molecule has 1 aliphatic rings. The number of hydrogen-bond donors (Lipinski definition) is 1. The Morgan fingerprint density at radius 2 is 2.07 bits per heavy atom. The molecule has 0 saturated heterocycles. The normalized spacial score (nSPS) is 25.7. The first-order valence-corrected chi connectivity index (χ1v) is 5.18. The molecule has 15 heavy (non-hydrogen) atoms. The van der Waals surface area contributed by atoms with Gasteiger partial charge in [0.15, 0.2) is 0 Å². The number of halogens is 1. The first kappa shape index (κ1) is 10.1. The van der Waals surface area contributed by atoms with Gasteiger partial charge in [0.2, 0.25) is 5.91 Å². The molecule has 0 unspecified atom stereocenters. The fourth-order valence-electron chi connectivity index (χ4n) is 1.58. The maximum Gasteiger partial charge on any atom is 0.226 e. The lowest BCUT2D eigenvalue weighted by Crippen LogP contribution is -2.28. The van der Waals surface area contributed by atoms with Gasteiger partial charge in [-0.05, 0) is 18.9 Å². The third kappa shape index (κ3) is 2.35. The van der Waals surface area contributed by atoms with E-state index in [0.29, 0.717) is 6.42 Å². The van der Waals surface area contributed by atoms with Gasteiger partial charge < -0.3 is 5.32 Å². The second-order valence-corrected chi connectivity index (χ2v) is 4.00. The van der Waals surface area contributed by atoms with Gasteiger partial charge in [-0.15, -0.1) is 0 Å². The number of alkyl halides is 1. The molecule has 1 aromatic carbocycles. The highest BCUT2D eigenvalue weighted by molar-refractivity contribution is 5.82. The van der Waals surface area contributed by atoms with Crippen molar-refractivity contribution in [1.29, 1.82) is 0 Å². The van der Waals surface area contributed by atoms with Crippen molar-refractivity contribution in [2.24, 2.45) is 5.92 Å². The van der Waals surface area contributed by atoms with Gasteiger partial charge in [-0.3, -0.25) is 4.79 Å². The lowest BCUT2D eigenvalue weighted by atomic mass is 10.1. The van der Waals surface area contributed by atoms with Crippen LogP contribution in [0.4, 0.5) is 4.39 Å². The van der Waals surface area contributed by atoms with Crippen molar-refractivity contribution in [2.45, 2.75) is 25.6 Å². The van der Waals surface area contributed by atoms with Crippen molar-refractivity contribution in [3.8, 4) is 0 Å². The zero-order valence-corrected chi connectivity index (χ0v) is 8.61. The van der Waals surface area contributed by atoms with Crippen molar-refractivity contribution in [3.63, 3.8) is 0 Å². The highest BCUT2D eigenvalue weighted by Crippen LogP contribution is 2.34. The number of carbonyl (C=O) groups excluding carboxylic acids is 1. The van der Waals surface area contributed by atoms with Crippen LogP contribution in [-0.4, -0.2) is 12.1 Å². The van der Waals surface area contributed by atoms with Crippen LogP contribution in [0.3, 0.4) is 0 Å². The maximum absolute atomic E-state index is 12.6. The Hall–Kier alpha value is -1.38. The van der Waals surface area contributed by atoms with Gasteiger partial charge in [-0.1, -0.05) is 30.3 Å². The van der Waals surface area contributed by atoms with E-state index in [0.717, 1.165) is 5.56 Å². The van der Waals surface area contributed by atoms with Crippen molar-refractivity contribution in [2.75, 3.05) is 0 Å². The van der Waals surface area contributed by atoms with Crippen LogP contribution in [0.25, 0.3) is 0 Å². The van der Waals surface area contributed by atoms with Gasteiger partial charge in [0, 0.05) is 0 Å². The van der Waals surface area contributed by atoms with Crippen LogP contribution >= 0.6 is 0 Å². The molecule has 2 nitrogen and oxygen atoms in total. The SMILES string of the molecule is C[C@H](NC(=O)[C@@H]1C[C@@H]1F)c1ccccc1. The molecule has 2 rings (SSSR count). The van der Waals surface area contributed by atoms with Crippen LogP contribution in [0.2, 0.25) is 0 Å². The van der Waals surface area contributed by atoms with Crippen molar-refractivity contribution < 1.29 is 9.18 Å². The summed E-state index contributed by atoms with van der Waals surface area (Å²) in [5.41, 5.74) is 1.04. The van der Waals surface area contributed by atoms with E-state index < -0.39 is 12.1 Å². The minimum Gasteiger partial charge on any atom is -0.349 e. The Labute approximate surface area is 88.5 Å². The fourth-order valence-corrected chi connectivity index (χ4v) is 1.58. The van der Waals surface area contributed by atoms with E-state index in [2.05, 4.69) is 5.32 Å². The Morgan fingerprint density at radius 3 is 2.60 bits per heavy atom. The van der Waals surface area contributed by atoms with Crippen LogP contribution < -0.4 is 5.32 Å². The highest BCUT2D eigenvalue weighted by Gasteiger charge is 2.43. The first-order chi connectivity index (χ1) is 7.18. The van der Waals surface area contributed by atoms with E-state index >= 15 is 0 Å². The van der Waals surface area contributed by atoms with E-state index in [1.807, 2.05) is 37.3 Å². The lowest BCUT2D eigenvalue weighted by molar-refractivity contribution is -0.123. The standard InChI is InChI=1S/C12H14FNO/c1-8(9-5-3-2-4-6-9)14-12(15)10-7-11(10)13/h2-6,8,10-11H,7H2,1H3,(H,14,15)/t8-,10+,11-/m0/s1. The minimum absolute atomic E-state index is 0.0495. The molecule has 0 spiro atoms. The summed E-state index contributed by atoms with van der Waals surface area (Å²) in [4.78, 5) is 11.4. The maximum atomic E-state index is 12.6. The van der Waals surface area contributed by atoms with Crippen LogP contribution in [0.15, 0.2) is 30.3 Å². The smallest absolute Gasteiger partial charge is 0.226 e. The molecular formula is C12H14FNO. The molecule has 80 valence electrons. The molecule has 3 atom stereocenters. The average molecular weight is 207 g/mol. The summed E-state index contributed by atoms with van der Waals surface area (Å²) in [6.07, 6.45) is -0.541. The third-order valence-corrected chi connectivity index (χ3v) is 2.71. The van der Waals surface area contributed by atoms with Gasteiger partial charge >= 0.3 is 0 Å². The number of benzene rings is 1. The van der Waals surface area contributed by atoms with E-state index in [4.69, 9.17) is 0 Å². The van der Waals surface area contributed by atoms with Crippen molar-refractivity contribution in [3.05, 3.63) is 35.9 Å². The van der Waals surface area contributed by atoms with Crippen LogP contribution in [-0.2, 0) is 4.79 Å².